The van der Waals surface area contributed by atoms with E-state index >= 15 is 0 Å². The maximum atomic E-state index is 5.95. The number of hydrogen-bond donors (Lipinski definition) is 1. The van der Waals surface area contributed by atoms with Gasteiger partial charge in [-0.2, -0.15) is 0 Å². The number of nitrogen functional groups attached to an aromatic ring is 1. The molecule has 1 aliphatic heterocycles. The number of rotatable bonds is 3. The summed E-state index contributed by atoms with van der Waals surface area (Å²) in [7, 11) is 1.76. The van der Waals surface area contributed by atoms with E-state index in [2.05, 4.69) is 11.0 Å². The van der Waals surface area contributed by atoms with E-state index in [9.17, 15) is 0 Å². The van der Waals surface area contributed by atoms with E-state index in [0.717, 1.165) is 31.1 Å². The van der Waals surface area contributed by atoms with Crippen LogP contribution in [0.1, 0.15) is 6.42 Å². The minimum Gasteiger partial charge on any atom is -0.397 e. The summed E-state index contributed by atoms with van der Waals surface area (Å²) in [4.78, 5) is 2.35. The molecule has 2 N–H and O–H groups in total. The predicted octanol–water partition coefficient (Wildman–Crippen LogP) is 1.74. The number of ether oxygens (including phenoxy) is 1. The molecule has 2 rings (SSSR count). The third-order valence-corrected chi connectivity index (χ3v) is 2.97. The molecular formula is C12H18N2O. The molecule has 3 nitrogen and oxygen atoms in total. The summed E-state index contributed by atoms with van der Waals surface area (Å²) in [5.41, 5.74) is 7.98. The third-order valence-electron chi connectivity index (χ3n) is 2.97. The second-order valence-corrected chi connectivity index (χ2v) is 4.11. The number of nitrogens with zero attached hydrogens (tertiary/aromatic N) is 1. The highest BCUT2D eigenvalue weighted by Crippen LogP contribution is 2.28. The normalized spacial score (nSPS) is 20.9. The lowest BCUT2D eigenvalue weighted by Gasteiger charge is -2.20. The van der Waals surface area contributed by atoms with Crippen LogP contribution in [0.5, 0.6) is 0 Å². The maximum absolute atomic E-state index is 5.95. The van der Waals surface area contributed by atoms with Gasteiger partial charge in [0.2, 0.25) is 0 Å². The van der Waals surface area contributed by atoms with Gasteiger partial charge in [0.15, 0.2) is 0 Å². The minimum absolute atomic E-state index is 0.648. The molecule has 1 atom stereocenters. The summed E-state index contributed by atoms with van der Waals surface area (Å²) in [6.07, 6.45) is 1.20. The van der Waals surface area contributed by atoms with Crippen LogP contribution < -0.4 is 10.6 Å². The van der Waals surface area contributed by atoms with Crippen LogP contribution >= 0.6 is 0 Å². The monoisotopic (exact) mass is 206 g/mol. The van der Waals surface area contributed by atoms with E-state index < -0.39 is 0 Å². The molecule has 3 heteroatoms. The first-order valence-corrected chi connectivity index (χ1v) is 5.39. The molecule has 0 radical (unpaired) electrons. The van der Waals surface area contributed by atoms with E-state index in [4.69, 9.17) is 10.5 Å². The Kier molecular flexibility index (Phi) is 3.11. The van der Waals surface area contributed by atoms with Gasteiger partial charge in [-0.3, -0.25) is 0 Å². The van der Waals surface area contributed by atoms with Gasteiger partial charge in [0.1, 0.15) is 0 Å². The molecule has 1 heterocycles. The summed E-state index contributed by atoms with van der Waals surface area (Å²) < 4.78 is 5.18. The molecule has 0 amide bonds. The van der Waals surface area contributed by atoms with Gasteiger partial charge in [-0.05, 0) is 18.6 Å². The summed E-state index contributed by atoms with van der Waals surface area (Å²) in [6, 6.07) is 8.06. The summed E-state index contributed by atoms with van der Waals surface area (Å²) in [6.45, 7) is 2.99. The van der Waals surface area contributed by atoms with Crippen LogP contribution in [0.2, 0.25) is 0 Å². The number of anilines is 2. The van der Waals surface area contributed by atoms with Crippen molar-refractivity contribution in [2.45, 2.75) is 6.42 Å². The Balaban J connectivity index is 2.04. The standard InChI is InChI=1S/C12H18N2O/c1-15-9-10-6-7-14(8-10)12-5-3-2-4-11(12)13/h2-5,10H,6-9,13H2,1H3. The SMILES string of the molecule is COCC1CCN(c2ccccc2N)C1. The minimum atomic E-state index is 0.648. The summed E-state index contributed by atoms with van der Waals surface area (Å²) in [5.74, 6) is 0.648. The molecule has 0 saturated carbocycles. The lowest BCUT2D eigenvalue weighted by Crippen LogP contribution is -2.21. The number of methoxy groups -OCH3 is 1. The van der Waals surface area contributed by atoms with Crippen molar-refractivity contribution >= 4 is 11.4 Å². The zero-order chi connectivity index (χ0) is 10.7. The van der Waals surface area contributed by atoms with E-state index in [0.29, 0.717) is 5.92 Å². The van der Waals surface area contributed by atoms with Gasteiger partial charge in [-0.15, -0.1) is 0 Å². The van der Waals surface area contributed by atoms with E-state index in [1.54, 1.807) is 7.11 Å². The third kappa shape index (κ3) is 2.23. The Morgan fingerprint density at radius 2 is 2.27 bits per heavy atom. The highest BCUT2D eigenvalue weighted by atomic mass is 16.5. The van der Waals surface area contributed by atoms with E-state index in [1.807, 2.05) is 18.2 Å². The molecule has 0 spiro atoms. The first kappa shape index (κ1) is 10.3. The quantitative estimate of drug-likeness (QED) is 0.766. The molecule has 1 saturated heterocycles. The second kappa shape index (κ2) is 4.53. The Morgan fingerprint density at radius 1 is 1.47 bits per heavy atom. The van der Waals surface area contributed by atoms with Crippen molar-refractivity contribution in [1.82, 2.24) is 0 Å². The highest BCUT2D eigenvalue weighted by Gasteiger charge is 2.23. The van der Waals surface area contributed by atoms with Gasteiger partial charge in [-0.1, -0.05) is 12.1 Å². The first-order valence-electron chi connectivity index (χ1n) is 5.39. The number of hydrogen-bond acceptors (Lipinski definition) is 3. The Labute approximate surface area is 90.8 Å². The van der Waals surface area contributed by atoms with Crippen molar-refractivity contribution in [1.29, 1.82) is 0 Å². The Morgan fingerprint density at radius 3 is 3.00 bits per heavy atom. The smallest absolute Gasteiger partial charge is 0.0600 e. The van der Waals surface area contributed by atoms with Crippen molar-refractivity contribution < 1.29 is 4.74 Å². The number of nitrogens with two attached hydrogens (primary N) is 1. The molecular weight excluding hydrogens is 188 g/mol. The molecule has 15 heavy (non-hydrogen) atoms. The van der Waals surface area contributed by atoms with Crippen LogP contribution in [0.3, 0.4) is 0 Å². The lowest BCUT2D eigenvalue weighted by molar-refractivity contribution is 0.161. The molecule has 1 aromatic carbocycles. The van der Waals surface area contributed by atoms with Gasteiger partial charge in [0, 0.05) is 26.1 Å². The van der Waals surface area contributed by atoms with Crippen molar-refractivity contribution in [3.8, 4) is 0 Å². The van der Waals surface area contributed by atoms with Crippen LogP contribution in [0.4, 0.5) is 11.4 Å². The van der Waals surface area contributed by atoms with E-state index in [1.165, 1.54) is 6.42 Å². The van der Waals surface area contributed by atoms with Crippen molar-refractivity contribution in [3.63, 3.8) is 0 Å². The molecule has 1 unspecified atom stereocenters. The Hall–Kier alpha value is -1.22. The van der Waals surface area contributed by atoms with Gasteiger partial charge >= 0.3 is 0 Å². The van der Waals surface area contributed by atoms with Crippen LogP contribution in [0, 0.1) is 5.92 Å². The summed E-state index contributed by atoms with van der Waals surface area (Å²) >= 11 is 0. The van der Waals surface area contributed by atoms with Crippen LogP contribution in [-0.2, 0) is 4.74 Å². The molecule has 1 aromatic rings. The lowest BCUT2D eigenvalue weighted by atomic mass is 10.1. The largest absolute Gasteiger partial charge is 0.397 e. The zero-order valence-electron chi connectivity index (χ0n) is 9.15. The molecule has 1 aliphatic rings. The van der Waals surface area contributed by atoms with Crippen molar-refractivity contribution in [2.75, 3.05) is 37.4 Å². The predicted molar refractivity (Wildman–Crippen MR) is 63.1 cm³/mol. The fraction of sp³-hybridized carbons (Fsp3) is 0.500. The van der Waals surface area contributed by atoms with Gasteiger partial charge in [0.25, 0.3) is 0 Å². The second-order valence-electron chi connectivity index (χ2n) is 4.11. The van der Waals surface area contributed by atoms with Gasteiger partial charge in [-0.25, -0.2) is 0 Å². The molecule has 0 aliphatic carbocycles. The van der Waals surface area contributed by atoms with Gasteiger partial charge in [0.05, 0.1) is 18.0 Å². The first-order chi connectivity index (χ1) is 7.31. The van der Waals surface area contributed by atoms with Gasteiger partial charge < -0.3 is 15.4 Å². The average Bonchev–Trinajstić information content (AvgIpc) is 2.68. The Bertz CT molecular complexity index is 327. The molecule has 0 aromatic heterocycles. The maximum Gasteiger partial charge on any atom is 0.0600 e. The van der Waals surface area contributed by atoms with Crippen LogP contribution in [0.25, 0.3) is 0 Å². The topological polar surface area (TPSA) is 38.5 Å². The fourth-order valence-corrected chi connectivity index (χ4v) is 2.20. The van der Waals surface area contributed by atoms with Crippen molar-refractivity contribution in [2.24, 2.45) is 5.92 Å². The van der Waals surface area contributed by atoms with Crippen LogP contribution in [0.15, 0.2) is 24.3 Å². The molecule has 1 fully saturated rings. The molecule has 82 valence electrons. The van der Waals surface area contributed by atoms with Crippen molar-refractivity contribution in [3.05, 3.63) is 24.3 Å². The van der Waals surface area contributed by atoms with E-state index in [-0.39, 0.29) is 0 Å². The summed E-state index contributed by atoms with van der Waals surface area (Å²) in [5, 5.41) is 0. The number of benzene rings is 1. The van der Waals surface area contributed by atoms with Crippen LogP contribution in [-0.4, -0.2) is 26.8 Å². The fourth-order valence-electron chi connectivity index (χ4n) is 2.20. The zero-order valence-corrected chi connectivity index (χ0v) is 9.15. The average molecular weight is 206 g/mol. The highest BCUT2D eigenvalue weighted by molar-refractivity contribution is 5.67. The molecule has 0 bridgehead atoms. The number of para-hydroxylation sites is 2.